The van der Waals surface area contributed by atoms with Crippen LogP contribution in [0.1, 0.15) is 63.0 Å². The molecule has 3 N–H and O–H groups in total. The van der Waals surface area contributed by atoms with Gasteiger partial charge in [0.1, 0.15) is 6.10 Å². The van der Waals surface area contributed by atoms with Gasteiger partial charge >= 0.3 is 0 Å². The maximum atomic E-state index is 12.7. The number of benzene rings is 1. The number of nitrogens with two attached hydrogens (primary N) is 1. The van der Waals surface area contributed by atoms with Crippen LogP contribution in [0.2, 0.25) is 0 Å². The Hall–Kier alpha value is -1.39. The molecule has 0 bridgehead atoms. The Morgan fingerprint density at radius 1 is 1.12 bits per heavy atom. The van der Waals surface area contributed by atoms with Gasteiger partial charge in [0.05, 0.1) is 12.1 Å². The third-order valence-electron chi connectivity index (χ3n) is 5.48. The van der Waals surface area contributed by atoms with E-state index in [1.54, 1.807) is 0 Å². The van der Waals surface area contributed by atoms with E-state index < -0.39 is 0 Å². The zero-order valence-corrected chi connectivity index (χ0v) is 14.5. The smallest absolute Gasteiger partial charge is 0.249 e. The van der Waals surface area contributed by atoms with Gasteiger partial charge in [-0.05, 0) is 30.7 Å². The van der Waals surface area contributed by atoms with Crippen LogP contribution in [0.25, 0.3) is 0 Å². The third-order valence-corrected chi connectivity index (χ3v) is 5.48. The molecule has 4 heteroatoms. The Kier molecular flexibility index (Phi) is 6.27. The van der Waals surface area contributed by atoms with Crippen LogP contribution in [0, 0.1) is 5.92 Å². The van der Waals surface area contributed by atoms with E-state index >= 15 is 0 Å². The second kappa shape index (κ2) is 8.63. The molecule has 4 nitrogen and oxygen atoms in total. The molecule has 3 atom stereocenters. The van der Waals surface area contributed by atoms with Crippen molar-refractivity contribution in [3.8, 4) is 0 Å². The highest BCUT2D eigenvalue weighted by atomic mass is 16.5. The monoisotopic (exact) mass is 330 g/mol. The summed E-state index contributed by atoms with van der Waals surface area (Å²) in [7, 11) is 0. The number of carbonyl (C=O) groups is 1. The maximum Gasteiger partial charge on any atom is 0.249 e. The van der Waals surface area contributed by atoms with Gasteiger partial charge in [0.15, 0.2) is 0 Å². The number of hydrogen-bond acceptors (Lipinski definition) is 3. The van der Waals surface area contributed by atoms with Crippen LogP contribution < -0.4 is 11.1 Å². The van der Waals surface area contributed by atoms with Gasteiger partial charge in [0, 0.05) is 6.54 Å². The van der Waals surface area contributed by atoms with Gasteiger partial charge in [-0.1, -0.05) is 62.4 Å². The predicted octanol–water partition coefficient (Wildman–Crippen LogP) is 3.32. The highest BCUT2D eigenvalue weighted by Gasteiger charge is 2.31. The lowest BCUT2D eigenvalue weighted by Crippen LogP contribution is -2.38. The summed E-state index contributed by atoms with van der Waals surface area (Å²) in [6, 6.07) is 10.4. The van der Waals surface area contributed by atoms with E-state index in [0.29, 0.717) is 12.5 Å². The van der Waals surface area contributed by atoms with Crippen LogP contribution in [-0.4, -0.2) is 24.7 Å². The van der Waals surface area contributed by atoms with E-state index in [1.165, 1.54) is 37.7 Å². The molecular formula is C20H30N2O2. The average Bonchev–Trinajstić information content (AvgIpc) is 3.12. The zero-order valence-electron chi connectivity index (χ0n) is 14.5. The van der Waals surface area contributed by atoms with Crippen molar-refractivity contribution >= 4 is 5.91 Å². The van der Waals surface area contributed by atoms with E-state index in [-0.39, 0.29) is 24.2 Å². The predicted molar refractivity (Wildman–Crippen MR) is 95.5 cm³/mol. The van der Waals surface area contributed by atoms with Gasteiger partial charge in [-0.25, -0.2) is 0 Å². The fourth-order valence-corrected chi connectivity index (χ4v) is 4.06. The SMILES string of the molecule is NC[C@H]1CC[C@@H](C(=O)NC(CC2CCCCC2)c2ccccc2)O1. The van der Waals surface area contributed by atoms with Gasteiger partial charge in [0.2, 0.25) is 5.91 Å². The lowest BCUT2D eigenvalue weighted by atomic mass is 9.83. The minimum absolute atomic E-state index is 0.0237. The fraction of sp³-hybridized carbons (Fsp3) is 0.650. The molecule has 2 aliphatic rings. The Labute approximate surface area is 145 Å². The van der Waals surface area contributed by atoms with E-state index in [1.807, 2.05) is 18.2 Å². The van der Waals surface area contributed by atoms with E-state index in [2.05, 4.69) is 17.4 Å². The molecule has 1 aromatic rings. The molecule has 0 spiro atoms. The summed E-state index contributed by atoms with van der Waals surface area (Å²) in [5.74, 6) is 0.737. The minimum Gasteiger partial charge on any atom is -0.364 e. The molecule has 0 aromatic heterocycles. The van der Waals surface area contributed by atoms with Crippen molar-refractivity contribution in [2.75, 3.05) is 6.54 Å². The van der Waals surface area contributed by atoms with Crippen LogP contribution in [-0.2, 0) is 9.53 Å². The summed E-state index contributed by atoms with van der Waals surface area (Å²) in [5.41, 5.74) is 6.85. The van der Waals surface area contributed by atoms with Crippen LogP contribution in [0.4, 0.5) is 0 Å². The molecule has 132 valence electrons. The second-order valence-electron chi connectivity index (χ2n) is 7.27. The lowest BCUT2D eigenvalue weighted by Gasteiger charge is -2.28. The van der Waals surface area contributed by atoms with Crippen molar-refractivity contribution in [3.63, 3.8) is 0 Å². The van der Waals surface area contributed by atoms with E-state index in [0.717, 1.165) is 19.3 Å². The number of rotatable bonds is 6. The Bertz CT molecular complexity index is 514. The van der Waals surface area contributed by atoms with Crippen molar-refractivity contribution in [1.29, 1.82) is 0 Å². The summed E-state index contributed by atoms with van der Waals surface area (Å²) in [6.07, 6.45) is 8.96. The van der Waals surface area contributed by atoms with E-state index in [9.17, 15) is 4.79 Å². The third kappa shape index (κ3) is 4.58. The topological polar surface area (TPSA) is 64.4 Å². The normalized spacial score (nSPS) is 26.2. The lowest BCUT2D eigenvalue weighted by molar-refractivity contribution is -0.132. The summed E-state index contributed by atoms with van der Waals surface area (Å²) in [6.45, 7) is 0.494. The van der Waals surface area contributed by atoms with Gasteiger partial charge in [-0.15, -0.1) is 0 Å². The van der Waals surface area contributed by atoms with E-state index in [4.69, 9.17) is 10.5 Å². The van der Waals surface area contributed by atoms with Crippen LogP contribution in [0.15, 0.2) is 30.3 Å². The number of nitrogens with one attached hydrogen (secondary N) is 1. The fourth-order valence-electron chi connectivity index (χ4n) is 4.06. The average molecular weight is 330 g/mol. The standard InChI is InChI=1S/C20H30N2O2/c21-14-17-11-12-19(24-17)20(23)22-18(16-9-5-2-6-10-16)13-15-7-3-1-4-8-15/h2,5-6,9-10,15,17-19H,1,3-4,7-8,11-14,21H2,(H,22,23)/t17-,18?,19+/m1/s1. The molecule has 0 radical (unpaired) electrons. The Morgan fingerprint density at radius 3 is 2.54 bits per heavy atom. The first-order chi connectivity index (χ1) is 11.8. The van der Waals surface area contributed by atoms with Gasteiger partial charge in [-0.3, -0.25) is 4.79 Å². The van der Waals surface area contributed by atoms with Crippen molar-refractivity contribution in [2.45, 2.75) is 69.6 Å². The van der Waals surface area contributed by atoms with Crippen molar-refractivity contribution in [3.05, 3.63) is 35.9 Å². The number of amides is 1. The zero-order chi connectivity index (χ0) is 16.8. The molecular weight excluding hydrogens is 300 g/mol. The number of hydrogen-bond donors (Lipinski definition) is 2. The molecule has 1 aliphatic carbocycles. The van der Waals surface area contributed by atoms with Crippen molar-refractivity contribution in [2.24, 2.45) is 11.7 Å². The highest BCUT2D eigenvalue weighted by molar-refractivity contribution is 5.81. The van der Waals surface area contributed by atoms with Crippen LogP contribution in [0.3, 0.4) is 0 Å². The number of ether oxygens (including phenoxy) is 1. The molecule has 1 saturated heterocycles. The van der Waals surface area contributed by atoms with Gasteiger partial charge < -0.3 is 15.8 Å². The van der Waals surface area contributed by atoms with Crippen LogP contribution >= 0.6 is 0 Å². The van der Waals surface area contributed by atoms with Crippen molar-refractivity contribution in [1.82, 2.24) is 5.32 Å². The first-order valence-electron chi connectivity index (χ1n) is 9.47. The van der Waals surface area contributed by atoms with Gasteiger partial charge in [0.25, 0.3) is 0 Å². The van der Waals surface area contributed by atoms with Crippen LogP contribution in [0.5, 0.6) is 0 Å². The molecule has 1 saturated carbocycles. The molecule has 2 fully saturated rings. The molecule has 1 amide bonds. The molecule has 1 aliphatic heterocycles. The second-order valence-corrected chi connectivity index (χ2v) is 7.27. The molecule has 1 unspecified atom stereocenters. The number of carbonyl (C=O) groups excluding carboxylic acids is 1. The minimum atomic E-state index is -0.337. The van der Waals surface area contributed by atoms with Gasteiger partial charge in [-0.2, -0.15) is 0 Å². The quantitative estimate of drug-likeness (QED) is 0.841. The maximum absolute atomic E-state index is 12.7. The summed E-state index contributed by atoms with van der Waals surface area (Å²) in [4.78, 5) is 12.7. The summed E-state index contributed by atoms with van der Waals surface area (Å²) < 4.78 is 5.76. The largest absolute Gasteiger partial charge is 0.364 e. The summed E-state index contributed by atoms with van der Waals surface area (Å²) in [5, 5.41) is 3.26. The molecule has 1 heterocycles. The molecule has 24 heavy (non-hydrogen) atoms. The first-order valence-corrected chi connectivity index (χ1v) is 9.47. The first kappa shape index (κ1) is 17.4. The molecule has 1 aromatic carbocycles. The molecule has 3 rings (SSSR count). The summed E-state index contributed by atoms with van der Waals surface area (Å²) >= 11 is 0. The van der Waals surface area contributed by atoms with Crippen molar-refractivity contribution < 1.29 is 9.53 Å². The Balaban J connectivity index is 1.64. The Morgan fingerprint density at radius 2 is 1.88 bits per heavy atom. The highest BCUT2D eigenvalue weighted by Crippen LogP contribution is 2.32.